The van der Waals surface area contributed by atoms with Crippen LogP contribution < -0.4 is 9.39 Å². The Morgan fingerprint density at radius 3 is 2.16 bits per heavy atom. The average molecular weight is 266 g/mol. The summed E-state index contributed by atoms with van der Waals surface area (Å²) in [5.41, 5.74) is 0. The van der Waals surface area contributed by atoms with Gasteiger partial charge in [-0.15, -0.1) is 0 Å². The van der Waals surface area contributed by atoms with Gasteiger partial charge in [0.1, 0.15) is 11.5 Å². The lowest BCUT2D eigenvalue weighted by Crippen LogP contribution is -2.20. The van der Waals surface area contributed by atoms with E-state index in [-0.39, 0.29) is 17.2 Å². The van der Waals surface area contributed by atoms with E-state index in [4.69, 9.17) is 14.8 Å². The number of hydrogen-bond acceptors (Lipinski definition) is 4. The molecule has 2 N–H and O–H groups in total. The quantitative estimate of drug-likeness (QED) is 0.832. The van der Waals surface area contributed by atoms with Gasteiger partial charge in [0.15, 0.2) is 11.6 Å². The van der Waals surface area contributed by atoms with Crippen molar-refractivity contribution in [2.45, 2.75) is 0 Å². The summed E-state index contributed by atoms with van der Waals surface area (Å²) in [6, 6.07) is 9.23. The molecule has 0 atom stereocenters. The second kappa shape index (κ2) is 5.68. The molecule has 0 unspecified atom stereocenters. The standard InChI is InChI=1S/C12H9BF2O4/c14-10-2-1-3-11(12(10)15)18-8-4-6-9(7-5-8)19-13(16)17/h1-7,16-17H. The van der Waals surface area contributed by atoms with Gasteiger partial charge in [0.05, 0.1) is 0 Å². The maximum atomic E-state index is 13.3. The van der Waals surface area contributed by atoms with Gasteiger partial charge in [-0.2, -0.15) is 4.39 Å². The Balaban J connectivity index is 2.13. The third kappa shape index (κ3) is 3.43. The van der Waals surface area contributed by atoms with E-state index in [2.05, 4.69) is 4.65 Å². The zero-order valence-corrected chi connectivity index (χ0v) is 9.59. The van der Waals surface area contributed by atoms with Crippen LogP contribution in [-0.2, 0) is 0 Å². The first kappa shape index (κ1) is 13.3. The normalized spacial score (nSPS) is 10.1. The topological polar surface area (TPSA) is 58.9 Å². The third-order valence-electron chi connectivity index (χ3n) is 2.21. The fraction of sp³-hybridized carbons (Fsp3) is 0. The van der Waals surface area contributed by atoms with E-state index >= 15 is 0 Å². The monoisotopic (exact) mass is 266 g/mol. The molecule has 0 spiro atoms. The minimum absolute atomic E-state index is 0.196. The Hall–Kier alpha value is -2.12. The van der Waals surface area contributed by atoms with E-state index in [0.717, 1.165) is 6.07 Å². The van der Waals surface area contributed by atoms with Crippen molar-refractivity contribution in [2.24, 2.45) is 0 Å². The van der Waals surface area contributed by atoms with Crippen LogP contribution in [-0.4, -0.2) is 17.4 Å². The minimum atomic E-state index is -1.92. The molecule has 7 heteroatoms. The van der Waals surface area contributed by atoms with Gasteiger partial charge in [0.25, 0.3) is 0 Å². The summed E-state index contributed by atoms with van der Waals surface area (Å²) in [5.74, 6) is -1.86. The van der Waals surface area contributed by atoms with E-state index in [1.807, 2.05) is 0 Å². The van der Waals surface area contributed by atoms with Crippen molar-refractivity contribution in [1.82, 2.24) is 0 Å². The summed E-state index contributed by atoms with van der Waals surface area (Å²) in [4.78, 5) is 0. The van der Waals surface area contributed by atoms with Crippen LogP contribution in [0.1, 0.15) is 0 Å². The highest BCUT2D eigenvalue weighted by Crippen LogP contribution is 2.27. The van der Waals surface area contributed by atoms with Crippen LogP contribution >= 0.6 is 0 Å². The Morgan fingerprint density at radius 2 is 1.53 bits per heavy atom. The molecule has 0 heterocycles. The molecule has 2 aromatic rings. The fourth-order valence-electron chi connectivity index (χ4n) is 1.40. The highest BCUT2D eigenvalue weighted by molar-refractivity contribution is 6.33. The van der Waals surface area contributed by atoms with Gasteiger partial charge >= 0.3 is 7.32 Å². The number of hydrogen-bond donors (Lipinski definition) is 2. The minimum Gasteiger partial charge on any atom is -0.512 e. The van der Waals surface area contributed by atoms with Crippen molar-refractivity contribution in [3.05, 3.63) is 54.1 Å². The van der Waals surface area contributed by atoms with Gasteiger partial charge in [0.2, 0.25) is 5.82 Å². The van der Waals surface area contributed by atoms with E-state index in [1.165, 1.54) is 36.4 Å². The van der Waals surface area contributed by atoms with Crippen LogP contribution in [0.4, 0.5) is 8.78 Å². The predicted octanol–water partition coefficient (Wildman–Crippen LogP) is 2.11. The highest BCUT2D eigenvalue weighted by Gasteiger charge is 2.12. The molecule has 0 aliphatic rings. The summed E-state index contributed by atoms with van der Waals surface area (Å²) < 4.78 is 36.0. The molecule has 0 saturated carbocycles. The van der Waals surface area contributed by atoms with Crippen molar-refractivity contribution in [3.8, 4) is 17.2 Å². The van der Waals surface area contributed by atoms with Crippen LogP contribution in [0.5, 0.6) is 17.2 Å². The molecule has 0 radical (unpaired) electrons. The van der Waals surface area contributed by atoms with Crippen LogP contribution in [0.3, 0.4) is 0 Å². The molecule has 2 rings (SSSR count). The number of halogens is 2. The summed E-state index contributed by atoms with van der Waals surface area (Å²) in [6.45, 7) is 0. The molecule has 2 aromatic carbocycles. The smallest absolute Gasteiger partial charge is 0.512 e. The number of benzene rings is 2. The van der Waals surface area contributed by atoms with Gasteiger partial charge < -0.3 is 19.4 Å². The van der Waals surface area contributed by atoms with Crippen LogP contribution in [0.2, 0.25) is 0 Å². The fourth-order valence-corrected chi connectivity index (χ4v) is 1.40. The molecule has 0 aliphatic heterocycles. The van der Waals surface area contributed by atoms with Gasteiger partial charge in [-0.25, -0.2) is 4.39 Å². The zero-order chi connectivity index (χ0) is 13.8. The second-order valence-corrected chi connectivity index (χ2v) is 3.57. The molecule has 98 valence electrons. The Bertz CT molecular complexity index is 560. The van der Waals surface area contributed by atoms with Crippen molar-refractivity contribution in [1.29, 1.82) is 0 Å². The third-order valence-corrected chi connectivity index (χ3v) is 2.21. The Kier molecular flexibility index (Phi) is 3.98. The molecular weight excluding hydrogens is 257 g/mol. The van der Waals surface area contributed by atoms with Gasteiger partial charge in [-0.3, -0.25) is 0 Å². The highest BCUT2D eigenvalue weighted by atomic mass is 19.2. The molecule has 0 aliphatic carbocycles. The van der Waals surface area contributed by atoms with Crippen LogP contribution in [0, 0.1) is 11.6 Å². The van der Waals surface area contributed by atoms with Crippen molar-refractivity contribution in [2.75, 3.05) is 0 Å². The van der Waals surface area contributed by atoms with Crippen molar-refractivity contribution >= 4 is 7.32 Å². The molecule has 0 aromatic heterocycles. The van der Waals surface area contributed by atoms with Crippen LogP contribution in [0.15, 0.2) is 42.5 Å². The molecule has 0 amide bonds. The largest absolute Gasteiger partial charge is 0.707 e. The van der Waals surface area contributed by atoms with Gasteiger partial charge in [0, 0.05) is 0 Å². The molecule has 0 bridgehead atoms. The summed E-state index contributed by atoms with van der Waals surface area (Å²) >= 11 is 0. The average Bonchev–Trinajstić information content (AvgIpc) is 2.37. The maximum Gasteiger partial charge on any atom is 0.707 e. The van der Waals surface area contributed by atoms with E-state index in [1.54, 1.807) is 0 Å². The Labute approximate surface area is 108 Å². The number of ether oxygens (including phenoxy) is 1. The molecular formula is C12H9BF2O4. The van der Waals surface area contributed by atoms with Crippen molar-refractivity contribution in [3.63, 3.8) is 0 Å². The summed E-state index contributed by atoms with van der Waals surface area (Å²) in [5, 5.41) is 17.2. The first-order valence-electron chi connectivity index (χ1n) is 5.31. The lowest BCUT2D eigenvalue weighted by Gasteiger charge is -2.08. The lowest BCUT2D eigenvalue weighted by molar-refractivity contribution is 0.288. The molecule has 0 saturated heterocycles. The van der Waals surface area contributed by atoms with E-state index in [0.29, 0.717) is 0 Å². The second-order valence-electron chi connectivity index (χ2n) is 3.57. The van der Waals surface area contributed by atoms with E-state index < -0.39 is 19.0 Å². The van der Waals surface area contributed by atoms with Crippen molar-refractivity contribution < 1.29 is 28.2 Å². The van der Waals surface area contributed by atoms with Gasteiger partial charge in [-0.05, 0) is 36.4 Å². The molecule has 0 fully saturated rings. The van der Waals surface area contributed by atoms with Crippen LogP contribution in [0.25, 0.3) is 0 Å². The molecule has 4 nitrogen and oxygen atoms in total. The summed E-state index contributed by atoms with van der Waals surface area (Å²) in [7, 11) is -1.92. The maximum absolute atomic E-state index is 13.3. The zero-order valence-electron chi connectivity index (χ0n) is 9.59. The van der Waals surface area contributed by atoms with Gasteiger partial charge in [-0.1, -0.05) is 6.07 Å². The molecule has 19 heavy (non-hydrogen) atoms. The summed E-state index contributed by atoms with van der Waals surface area (Å²) in [6.07, 6.45) is 0. The first-order chi connectivity index (χ1) is 9.06. The Morgan fingerprint density at radius 1 is 0.895 bits per heavy atom. The van der Waals surface area contributed by atoms with E-state index in [9.17, 15) is 8.78 Å². The predicted molar refractivity (Wildman–Crippen MR) is 63.7 cm³/mol. The SMILES string of the molecule is OB(O)Oc1ccc(Oc2cccc(F)c2F)cc1. The lowest BCUT2D eigenvalue weighted by atomic mass is 10.2. The first-order valence-corrected chi connectivity index (χ1v) is 5.31. The number of rotatable bonds is 4.